The van der Waals surface area contributed by atoms with Crippen LogP contribution in [0.3, 0.4) is 0 Å². The van der Waals surface area contributed by atoms with E-state index in [0.29, 0.717) is 11.5 Å². The number of aromatic nitrogens is 1. The number of pyridine rings is 1. The van der Waals surface area contributed by atoms with Crippen LogP contribution in [0.2, 0.25) is 0 Å². The van der Waals surface area contributed by atoms with Crippen molar-refractivity contribution in [2.24, 2.45) is 5.41 Å². The molecule has 0 saturated heterocycles. The fraction of sp³-hybridized carbons (Fsp3) is 0.615. The molecule has 1 saturated carbocycles. The van der Waals surface area contributed by atoms with Gasteiger partial charge in [-0.2, -0.15) is 0 Å². The van der Waals surface area contributed by atoms with Crippen molar-refractivity contribution in [3.05, 3.63) is 22.9 Å². The summed E-state index contributed by atoms with van der Waals surface area (Å²) in [5.41, 5.74) is 1.59. The molecule has 0 spiro atoms. The van der Waals surface area contributed by atoms with Gasteiger partial charge in [0.2, 0.25) is 0 Å². The van der Waals surface area contributed by atoms with Gasteiger partial charge in [0, 0.05) is 12.2 Å². The summed E-state index contributed by atoms with van der Waals surface area (Å²) in [6, 6.07) is 4.64. The third kappa shape index (κ3) is 2.97. The number of anilines is 1. The number of hydrogen-bond acceptors (Lipinski definition) is 2. The monoisotopic (exact) mass is 282 g/mol. The van der Waals surface area contributed by atoms with Gasteiger partial charge in [0.1, 0.15) is 4.60 Å². The lowest BCUT2D eigenvalue weighted by atomic mass is 9.75. The Kier molecular flexibility index (Phi) is 3.53. The van der Waals surface area contributed by atoms with E-state index in [4.69, 9.17) is 0 Å². The Labute approximate surface area is 106 Å². The average Bonchev–Trinajstić information content (AvgIpc) is 2.20. The topological polar surface area (TPSA) is 24.9 Å². The largest absolute Gasteiger partial charge is 0.380 e. The Bertz CT molecular complexity index is 363. The maximum Gasteiger partial charge on any atom is 0.129 e. The van der Waals surface area contributed by atoms with Crippen molar-refractivity contribution in [2.45, 2.75) is 45.6 Å². The predicted molar refractivity (Wildman–Crippen MR) is 71.6 cm³/mol. The first kappa shape index (κ1) is 11.9. The van der Waals surface area contributed by atoms with Crippen molar-refractivity contribution in [1.29, 1.82) is 0 Å². The molecule has 0 radical (unpaired) electrons. The Morgan fingerprint density at radius 2 is 2.31 bits per heavy atom. The molecule has 1 heterocycles. The Hall–Kier alpha value is -0.570. The molecule has 2 nitrogen and oxygen atoms in total. The Morgan fingerprint density at radius 1 is 1.50 bits per heavy atom. The van der Waals surface area contributed by atoms with Gasteiger partial charge in [-0.25, -0.2) is 4.98 Å². The molecule has 0 aromatic carbocycles. The Morgan fingerprint density at radius 3 is 3.00 bits per heavy atom. The highest BCUT2D eigenvalue weighted by molar-refractivity contribution is 9.10. The van der Waals surface area contributed by atoms with Crippen LogP contribution in [0.5, 0.6) is 0 Å². The second-order valence-electron chi connectivity index (χ2n) is 5.44. The minimum atomic E-state index is 0.477. The first-order valence-electron chi connectivity index (χ1n) is 5.94. The molecule has 2 rings (SSSR count). The van der Waals surface area contributed by atoms with E-state index in [-0.39, 0.29) is 0 Å². The van der Waals surface area contributed by atoms with Crippen LogP contribution in [0.4, 0.5) is 5.69 Å². The van der Waals surface area contributed by atoms with E-state index in [1.807, 2.05) is 6.07 Å². The summed E-state index contributed by atoms with van der Waals surface area (Å²) < 4.78 is 0.915. The number of halogens is 1. The van der Waals surface area contributed by atoms with Crippen LogP contribution in [0.15, 0.2) is 22.9 Å². The van der Waals surface area contributed by atoms with Crippen LogP contribution >= 0.6 is 15.9 Å². The third-order valence-electron chi connectivity index (χ3n) is 3.32. The summed E-state index contributed by atoms with van der Waals surface area (Å²) in [6.07, 6.45) is 6.99. The molecule has 0 aliphatic heterocycles. The smallest absolute Gasteiger partial charge is 0.129 e. The van der Waals surface area contributed by atoms with Crippen LogP contribution in [-0.2, 0) is 0 Å². The second kappa shape index (κ2) is 4.74. The van der Waals surface area contributed by atoms with Gasteiger partial charge in [-0.15, -0.1) is 0 Å². The van der Waals surface area contributed by atoms with Crippen molar-refractivity contribution in [3.63, 3.8) is 0 Å². The quantitative estimate of drug-likeness (QED) is 0.822. The molecular formula is C13H19BrN2. The molecule has 1 aliphatic carbocycles. The molecule has 1 unspecified atom stereocenters. The van der Waals surface area contributed by atoms with Crippen molar-refractivity contribution >= 4 is 21.6 Å². The van der Waals surface area contributed by atoms with Crippen molar-refractivity contribution in [2.75, 3.05) is 5.32 Å². The summed E-state index contributed by atoms with van der Waals surface area (Å²) >= 11 is 3.48. The molecule has 1 aliphatic rings. The van der Waals surface area contributed by atoms with Gasteiger partial charge in [0.25, 0.3) is 0 Å². The van der Waals surface area contributed by atoms with Gasteiger partial charge in [0.05, 0.1) is 5.69 Å². The SMILES string of the molecule is CC1(C)CCCC(Nc2cccnc2Br)C1. The zero-order chi connectivity index (χ0) is 11.6. The zero-order valence-electron chi connectivity index (χ0n) is 9.96. The fourth-order valence-electron chi connectivity index (χ4n) is 2.53. The maximum absolute atomic E-state index is 4.24. The molecule has 1 N–H and O–H groups in total. The molecule has 1 fully saturated rings. The standard InChI is InChI=1S/C13H19BrN2/c1-13(2)7-3-5-10(9-13)16-11-6-4-8-15-12(11)14/h4,6,8,10,16H,3,5,7,9H2,1-2H3. The summed E-state index contributed by atoms with van der Waals surface area (Å²) in [5, 5.41) is 3.60. The molecule has 1 aromatic rings. The summed E-state index contributed by atoms with van der Waals surface area (Å²) in [7, 11) is 0. The molecule has 0 bridgehead atoms. The van der Waals surface area contributed by atoms with E-state index in [2.05, 4.69) is 46.1 Å². The fourth-order valence-corrected chi connectivity index (χ4v) is 2.90. The Balaban J connectivity index is 2.02. The lowest BCUT2D eigenvalue weighted by Gasteiger charge is -2.36. The van der Waals surface area contributed by atoms with Gasteiger partial charge in [-0.3, -0.25) is 0 Å². The zero-order valence-corrected chi connectivity index (χ0v) is 11.5. The van der Waals surface area contributed by atoms with Crippen LogP contribution in [-0.4, -0.2) is 11.0 Å². The molecule has 0 amide bonds. The number of rotatable bonds is 2. The summed E-state index contributed by atoms with van der Waals surface area (Å²) in [5.74, 6) is 0. The van der Waals surface area contributed by atoms with Crippen molar-refractivity contribution < 1.29 is 0 Å². The third-order valence-corrected chi connectivity index (χ3v) is 3.96. The first-order valence-corrected chi connectivity index (χ1v) is 6.73. The number of nitrogens with one attached hydrogen (secondary N) is 1. The lowest BCUT2D eigenvalue weighted by Crippen LogP contribution is -2.31. The van der Waals surface area contributed by atoms with E-state index >= 15 is 0 Å². The predicted octanol–water partition coefficient (Wildman–Crippen LogP) is 4.22. The number of nitrogens with zero attached hydrogens (tertiary/aromatic N) is 1. The van der Waals surface area contributed by atoms with Gasteiger partial charge in [-0.1, -0.05) is 20.3 Å². The molecule has 16 heavy (non-hydrogen) atoms. The van der Waals surface area contributed by atoms with Gasteiger partial charge < -0.3 is 5.32 Å². The molecule has 88 valence electrons. The van der Waals surface area contributed by atoms with Gasteiger partial charge >= 0.3 is 0 Å². The minimum absolute atomic E-state index is 0.477. The summed E-state index contributed by atoms with van der Waals surface area (Å²) in [4.78, 5) is 4.24. The molecular weight excluding hydrogens is 264 g/mol. The molecule has 3 heteroatoms. The van der Waals surface area contributed by atoms with E-state index in [0.717, 1.165) is 10.3 Å². The second-order valence-corrected chi connectivity index (χ2v) is 6.19. The van der Waals surface area contributed by atoms with Crippen LogP contribution in [0.25, 0.3) is 0 Å². The lowest BCUT2D eigenvalue weighted by molar-refractivity contribution is 0.229. The average molecular weight is 283 g/mol. The van der Waals surface area contributed by atoms with Gasteiger partial charge in [0.15, 0.2) is 0 Å². The van der Waals surface area contributed by atoms with Crippen molar-refractivity contribution in [3.8, 4) is 0 Å². The molecule has 1 atom stereocenters. The highest BCUT2D eigenvalue weighted by Gasteiger charge is 2.27. The molecule has 1 aromatic heterocycles. The van der Waals surface area contributed by atoms with Crippen molar-refractivity contribution in [1.82, 2.24) is 4.98 Å². The van der Waals surface area contributed by atoms with E-state index in [1.54, 1.807) is 6.20 Å². The number of hydrogen-bond donors (Lipinski definition) is 1. The summed E-state index contributed by atoms with van der Waals surface area (Å²) in [6.45, 7) is 4.72. The van der Waals surface area contributed by atoms with E-state index < -0.39 is 0 Å². The van der Waals surface area contributed by atoms with Crippen LogP contribution in [0, 0.1) is 5.41 Å². The minimum Gasteiger partial charge on any atom is -0.380 e. The van der Waals surface area contributed by atoms with Crippen LogP contribution in [0.1, 0.15) is 39.5 Å². The van der Waals surface area contributed by atoms with Gasteiger partial charge in [-0.05, 0) is 52.7 Å². The van der Waals surface area contributed by atoms with E-state index in [9.17, 15) is 0 Å². The first-order chi connectivity index (χ1) is 7.57. The van der Waals surface area contributed by atoms with Crippen LogP contribution < -0.4 is 5.32 Å². The normalized spacial score (nSPS) is 24.1. The highest BCUT2D eigenvalue weighted by Crippen LogP contribution is 2.36. The maximum atomic E-state index is 4.24. The van der Waals surface area contributed by atoms with E-state index in [1.165, 1.54) is 25.7 Å². The highest BCUT2D eigenvalue weighted by atomic mass is 79.9.